The summed E-state index contributed by atoms with van der Waals surface area (Å²) in [4.78, 5) is 0. The summed E-state index contributed by atoms with van der Waals surface area (Å²) in [5, 5.41) is 11.3. The molecule has 1 atom stereocenters. The normalized spacial score (nSPS) is 12.2. The van der Waals surface area contributed by atoms with Crippen molar-refractivity contribution < 1.29 is 15.2 Å². The average molecular weight is 264 g/mol. The Bertz CT molecular complexity index is 388. The topological polar surface area (TPSA) is 46.1 Å². The minimum atomic E-state index is -0.239. The minimum Gasteiger partial charge on any atom is -0.493 e. The van der Waals surface area contributed by atoms with E-state index in [0.717, 1.165) is 31.7 Å². The molecular weight excluding hydrogens is 238 g/mol. The summed E-state index contributed by atoms with van der Waals surface area (Å²) in [6.45, 7) is 10.1. The van der Waals surface area contributed by atoms with Gasteiger partial charge in [-0.3, -0.25) is 0 Å². The quantitative estimate of drug-likeness (QED) is 0.523. The van der Waals surface area contributed by atoms with Crippen LogP contribution in [0.2, 0.25) is 0 Å². The van der Waals surface area contributed by atoms with Gasteiger partial charge in [0.25, 0.3) is 0 Å². The van der Waals surface area contributed by atoms with Crippen LogP contribution in [0.25, 0.3) is 0 Å². The van der Waals surface area contributed by atoms with Crippen LogP contribution in [0.5, 0.6) is 5.75 Å². The highest BCUT2D eigenvalue weighted by Crippen LogP contribution is 2.20. The first kappa shape index (κ1) is 15.7. The Morgan fingerprint density at radius 2 is 2.26 bits per heavy atom. The van der Waals surface area contributed by atoms with E-state index in [-0.39, 0.29) is 6.10 Å². The summed E-state index contributed by atoms with van der Waals surface area (Å²) in [6, 6.07) is 6.26. The number of benzene rings is 1. The summed E-state index contributed by atoms with van der Waals surface area (Å²) in [6.07, 6.45) is 3.48. The maximum atomic E-state index is 9.14. The van der Waals surface area contributed by atoms with Crippen molar-refractivity contribution in [2.75, 3.05) is 19.7 Å². The van der Waals surface area contributed by atoms with E-state index in [4.69, 9.17) is 9.84 Å². The molecule has 0 unspecified atom stereocenters. The van der Waals surface area contributed by atoms with E-state index >= 15 is 0 Å². The van der Waals surface area contributed by atoms with Gasteiger partial charge in [0.2, 0.25) is 0 Å². The molecule has 1 aromatic carbocycles. The molecule has 0 saturated heterocycles. The average Bonchev–Trinajstić information content (AvgIpc) is 2.36. The van der Waals surface area contributed by atoms with Gasteiger partial charge in [-0.2, -0.15) is 0 Å². The Hall–Kier alpha value is -1.32. The Balaban J connectivity index is 2.34. The monoisotopic (exact) mass is 264 g/mol. The second kappa shape index (κ2) is 8.73. The van der Waals surface area contributed by atoms with Crippen LogP contribution in [0.3, 0.4) is 0 Å². The molecular formula is C16H26NO2+. The maximum Gasteiger partial charge on any atom is 0.122 e. The molecule has 3 nitrogen and oxygen atoms in total. The number of ether oxygens (including phenoxy) is 1. The number of hydrogen-bond donors (Lipinski definition) is 2. The van der Waals surface area contributed by atoms with Crippen LogP contribution in [-0.2, 0) is 6.42 Å². The first-order chi connectivity index (χ1) is 9.13. The first-order valence-electron chi connectivity index (χ1n) is 6.96. The van der Waals surface area contributed by atoms with E-state index in [1.807, 2.05) is 12.1 Å². The smallest absolute Gasteiger partial charge is 0.122 e. The summed E-state index contributed by atoms with van der Waals surface area (Å²) >= 11 is 0. The van der Waals surface area contributed by atoms with Crippen molar-refractivity contribution in [1.29, 1.82) is 0 Å². The molecule has 1 aromatic rings. The van der Waals surface area contributed by atoms with Gasteiger partial charge in [-0.15, -0.1) is 6.58 Å². The van der Waals surface area contributed by atoms with E-state index in [1.54, 1.807) is 6.92 Å². The van der Waals surface area contributed by atoms with Crippen molar-refractivity contribution in [2.24, 2.45) is 0 Å². The number of aliphatic hydroxyl groups excluding tert-OH is 1. The lowest BCUT2D eigenvalue weighted by atomic mass is 10.1. The molecule has 0 aromatic heterocycles. The van der Waals surface area contributed by atoms with Crippen molar-refractivity contribution in [3.63, 3.8) is 0 Å². The Kier molecular flexibility index (Phi) is 7.23. The minimum absolute atomic E-state index is 0.239. The van der Waals surface area contributed by atoms with Gasteiger partial charge in [0.05, 0.1) is 19.3 Å². The summed E-state index contributed by atoms with van der Waals surface area (Å²) in [5.41, 5.74) is 2.44. The highest BCUT2D eigenvalue weighted by Gasteiger charge is 2.03. The third kappa shape index (κ3) is 6.41. The van der Waals surface area contributed by atoms with Crippen molar-refractivity contribution in [3.05, 3.63) is 42.0 Å². The van der Waals surface area contributed by atoms with Crippen molar-refractivity contribution in [2.45, 2.75) is 32.8 Å². The Morgan fingerprint density at radius 1 is 1.47 bits per heavy atom. The van der Waals surface area contributed by atoms with E-state index in [0.29, 0.717) is 6.61 Å². The molecule has 0 aliphatic heterocycles. The third-order valence-corrected chi connectivity index (χ3v) is 2.90. The molecule has 0 radical (unpaired) electrons. The molecule has 19 heavy (non-hydrogen) atoms. The predicted octanol–water partition coefficient (Wildman–Crippen LogP) is 1.44. The molecule has 0 aliphatic rings. The van der Waals surface area contributed by atoms with E-state index in [1.165, 1.54) is 11.1 Å². The largest absolute Gasteiger partial charge is 0.493 e. The summed E-state index contributed by atoms with van der Waals surface area (Å²) in [5.74, 6) is 0.959. The predicted molar refractivity (Wildman–Crippen MR) is 78.5 cm³/mol. The fourth-order valence-corrected chi connectivity index (χ4v) is 1.93. The molecule has 0 heterocycles. The molecule has 0 saturated carbocycles. The highest BCUT2D eigenvalue weighted by molar-refractivity contribution is 5.38. The van der Waals surface area contributed by atoms with Gasteiger partial charge in [-0.25, -0.2) is 0 Å². The van der Waals surface area contributed by atoms with Crippen LogP contribution in [0, 0.1) is 6.92 Å². The number of nitrogens with two attached hydrogens (primary N) is 1. The third-order valence-electron chi connectivity index (χ3n) is 2.90. The molecule has 3 N–H and O–H groups in total. The van der Waals surface area contributed by atoms with Crippen LogP contribution in [0.1, 0.15) is 24.5 Å². The van der Waals surface area contributed by atoms with Crippen LogP contribution in [-0.4, -0.2) is 30.9 Å². The Morgan fingerprint density at radius 3 is 2.95 bits per heavy atom. The number of hydrogen-bond acceptors (Lipinski definition) is 2. The molecule has 0 bridgehead atoms. The number of rotatable bonds is 9. The molecule has 3 heteroatoms. The zero-order chi connectivity index (χ0) is 14.1. The van der Waals surface area contributed by atoms with Crippen LogP contribution in [0.15, 0.2) is 30.9 Å². The second-order valence-electron chi connectivity index (χ2n) is 4.97. The molecule has 106 valence electrons. The number of allylic oxidation sites excluding steroid dienone is 1. The van der Waals surface area contributed by atoms with Gasteiger partial charge in [-0.1, -0.05) is 23.8 Å². The lowest BCUT2D eigenvalue weighted by Gasteiger charge is -2.11. The fourth-order valence-electron chi connectivity index (χ4n) is 1.93. The second-order valence-corrected chi connectivity index (χ2v) is 4.97. The van der Waals surface area contributed by atoms with Crippen molar-refractivity contribution in [3.8, 4) is 5.75 Å². The summed E-state index contributed by atoms with van der Waals surface area (Å²) in [7, 11) is 0. The molecule has 1 rings (SSSR count). The Labute approximate surface area is 116 Å². The van der Waals surface area contributed by atoms with Gasteiger partial charge in [0, 0.05) is 6.42 Å². The van der Waals surface area contributed by atoms with Crippen LogP contribution >= 0.6 is 0 Å². The van der Waals surface area contributed by atoms with Gasteiger partial charge in [0.15, 0.2) is 0 Å². The van der Waals surface area contributed by atoms with Crippen LogP contribution in [0.4, 0.5) is 0 Å². The van der Waals surface area contributed by atoms with E-state index in [9.17, 15) is 0 Å². The van der Waals surface area contributed by atoms with Crippen LogP contribution < -0.4 is 10.1 Å². The van der Waals surface area contributed by atoms with Gasteiger partial charge in [0.1, 0.15) is 12.3 Å². The lowest BCUT2D eigenvalue weighted by Crippen LogP contribution is -2.86. The first-order valence-corrected chi connectivity index (χ1v) is 6.96. The maximum absolute atomic E-state index is 9.14. The van der Waals surface area contributed by atoms with E-state index < -0.39 is 0 Å². The van der Waals surface area contributed by atoms with Gasteiger partial charge in [-0.05, 0) is 31.9 Å². The molecule has 0 amide bonds. The van der Waals surface area contributed by atoms with Crippen molar-refractivity contribution in [1.82, 2.24) is 0 Å². The zero-order valence-corrected chi connectivity index (χ0v) is 12.1. The molecule has 0 fully saturated rings. The molecule has 0 spiro atoms. The standard InChI is InChI=1S/C16H25NO2/c1-4-6-15-11-13(2)7-8-16(15)19-10-5-9-17-12-14(3)18/h4,7-8,11,14,17-18H,1,5-6,9-10,12H2,2-3H3/p+1/t14-/m1/s1. The molecule has 0 aliphatic carbocycles. The van der Waals surface area contributed by atoms with Gasteiger partial charge >= 0.3 is 0 Å². The SMILES string of the molecule is C=CCc1cc(C)ccc1OCCC[NH2+]C[C@@H](C)O. The number of quaternary nitrogens is 1. The lowest BCUT2D eigenvalue weighted by molar-refractivity contribution is -0.660. The number of aliphatic hydroxyl groups is 1. The van der Waals surface area contributed by atoms with E-state index in [2.05, 4.69) is 31.0 Å². The number of aryl methyl sites for hydroxylation is 1. The zero-order valence-electron chi connectivity index (χ0n) is 12.1. The summed E-state index contributed by atoms with van der Waals surface area (Å²) < 4.78 is 5.82. The fraction of sp³-hybridized carbons (Fsp3) is 0.500. The highest BCUT2D eigenvalue weighted by atomic mass is 16.5. The van der Waals surface area contributed by atoms with Gasteiger partial charge < -0.3 is 15.2 Å². The van der Waals surface area contributed by atoms with Crippen molar-refractivity contribution >= 4 is 0 Å².